The highest BCUT2D eigenvalue weighted by Crippen LogP contribution is 2.26. The van der Waals surface area contributed by atoms with E-state index in [-0.39, 0.29) is 6.54 Å². The Balaban J connectivity index is 2.31. The fourth-order valence-electron chi connectivity index (χ4n) is 2.42. The van der Waals surface area contributed by atoms with Gasteiger partial charge in [-0.25, -0.2) is 4.79 Å². The number of halogens is 1. The lowest BCUT2D eigenvalue weighted by Crippen LogP contribution is -2.46. The van der Waals surface area contributed by atoms with Crippen LogP contribution in [0, 0.1) is 13.8 Å². The first kappa shape index (κ1) is 18.2. The predicted octanol–water partition coefficient (Wildman–Crippen LogP) is 2.42. The number of aliphatic carboxylic acids is 1. The van der Waals surface area contributed by atoms with E-state index in [0.717, 1.165) is 28.5 Å². The highest BCUT2D eigenvalue weighted by molar-refractivity contribution is 9.10. The van der Waals surface area contributed by atoms with Crippen LogP contribution in [0.15, 0.2) is 34.8 Å². The number of carbonyl (C=O) groups excluding carboxylic acids is 1. The lowest BCUT2D eigenvalue weighted by molar-refractivity contribution is -0.155. The molecule has 0 bridgehead atoms. The van der Waals surface area contributed by atoms with Crippen LogP contribution in [0.4, 0.5) is 0 Å². The lowest BCUT2D eigenvalue weighted by Gasteiger charge is -2.18. The predicted molar refractivity (Wildman–Crippen MR) is 93.5 cm³/mol. The number of rotatable bonds is 5. The van der Waals surface area contributed by atoms with Gasteiger partial charge >= 0.3 is 5.97 Å². The Hall–Kier alpha value is -2.12. The SMILES string of the molecule is Cc1cc(C(=O)NCC(C)(O)C(=O)O)c(C)n1-c1ccccc1Br. The number of para-hydroxylation sites is 1. The minimum Gasteiger partial charge on any atom is -0.479 e. The van der Waals surface area contributed by atoms with Gasteiger partial charge in [-0.2, -0.15) is 0 Å². The van der Waals surface area contributed by atoms with Gasteiger partial charge in [0.15, 0.2) is 5.60 Å². The molecule has 1 atom stereocenters. The molecule has 0 radical (unpaired) electrons. The molecule has 1 amide bonds. The van der Waals surface area contributed by atoms with Gasteiger partial charge in [-0.1, -0.05) is 12.1 Å². The van der Waals surface area contributed by atoms with Crippen LogP contribution in [0.3, 0.4) is 0 Å². The van der Waals surface area contributed by atoms with Crippen molar-refractivity contribution in [3.8, 4) is 5.69 Å². The number of amides is 1. The van der Waals surface area contributed by atoms with E-state index in [1.54, 1.807) is 6.07 Å². The summed E-state index contributed by atoms with van der Waals surface area (Å²) < 4.78 is 2.83. The molecule has 1 aromatic heterocycles. The molecule has 2 aromatic rings. The Bertz CT molecular complexity index is 796. The molecule has 0 aliphatic rings. The molecule has 1 aromatic carbocycles. The van der Waals surface area contributed by atoms with E-state index < -0.39 is 17.5 Å². The third kappa shape index (κ3) is 3.52. The van der Waals surface area contributed by atoms with Crippen molar-refractivity contribution in [2.24, 2.45) is 0 Å². The summed E-state index contributed by atoms with van der Waals surface area (Å²) in [7, 11) is 0. The van der Waals surface area contributed by atoms with Crippen LogP contribution >= 0.6 is 15.9 Å². The average Bonchev–Trinajstić information content (AvgIpc) is 2.80. The van der Waals surface area contributed by atoms with Gasteiger partial charge in [-0.05, 0) is 54.9 Å². The van der Waals surface area contributed by atoms with E-state index in [1.165, 1.54) is 0 Å². The Morgan fingerprint density at radius 1 is 1.29 bits per heavy atom. The number of carbonyl (C=O) groups is 2. The number of benzene rings is 1. The number of nitrogens with one attached hydrogen (secondary N) is 1. The van der Waals surface area contributed by atoms with Crippen molar-refractivity contribution in [2.75, 3.05) is 6.54 Å². The zero-order chi connectivity index (χ0) is 18.1. The number of aryl methyl sites for hydroxylation is 1. The van der Waals surface area contributed by atoms with Crippen molar-refractivity contribution in [1.29, 1.82) is 0 Å². The molecular formula is C17H19BrN2O4. The topological polar surface area (TPSA) is 91.6 Å². The zero-order valence-corrected chi connectivity index (χ0v) is 15.2. The van der Waals surface area contributed by atoms with Crippen LogP contribution in [0.2, 0.25) is 0 Å². The molecule has 2 rings (SSSR count). The van der Waals surface area contributed by atoms with Crippen LogP contribution in [0.5, 0.6) is 0 Å². The average molecular weight is 395 g/mol. The maximum atomic E-state index is 12.4. The molecule has 7 heteroatoms. The van der Waals surface area contributed by atoms with Crippen molar-refractivity contribution in [3.63, 3.8) is 0 Å². The third-order valence-electron chi connectivity index (χ3n) is 3.82. The molecule has 0 aliphatic heterocycles. The Morgan fingerprint density at radius 2 is 1.92 bits per heavy atom. The first-order valence-electron chi connectivity index (χ1n) is 7.33. The second kappa shape index (κ2) is 6.78. The molecule has 0 spiro atoms. The van der Waals surface area contributed by atoms with Crippen LogP contribution in [0.1, 0.15) is 28.7 Å². The molecular weight excluding hydrogens is 376 g/mol. The molecule has 24 heavy (non-hydrogen) atoms. The highest BCUT2D eigenvalue weighted by Gasteiger charge is 2.31. The molecule has 3 N–H and O–H groups in total. The molecule has 0 saturated heterocycles. The molecule has 1 unspecified atom stereocenters. The van der Waals surface area contributed by atoms with Gasteiger partial charge in [-0.3, -0.25) is 4.79 Å². The minimum atomic E-state index is -2.01. The van der Waals surface area contributed by atoms with E-state index in [4.69, 9.17) is 5.11 Å². The number of hydrogen-bond donors (Lipinski definition) is 3. The van der Waals surface area contributed by atoms with Crippen LogP contribution < -0.4 is 5.32 Å². The van der Waals surface area contributed by atoms with Gasteiger partial charge in [0.25, 0.3) is 5.91 Å². The van der Waals surface area contributed by atoms with Gasteiger partial charge in [0.2, 0.25) is 0 Å². The number of aromatic nitrogens is 1. The summed E-state index contributed by atoms with van der Waals surface area (Å²) in [6, 6.07) is 9.39. The summed E-state index contributed by atoms with van der Waals surface area (Å²) in [5, 5.41) is 21.1. The van der Waals surface area contributed by atoms with Gasteiger partial charge in [0.1, 0.15) is 0 Å². The summed E-state index contributed by atoms with van der Waals surface area (Å²) in [6.07, 6.45) is 0. The van der Waals surface area contributed by atoms with Crippen molar-refractivity contribution in [3.05, 3.63) is 51.8 Å². The smallest absolute Gasteiger partial charge is 0.337 e. The monoisotopic (exact) mass is 394 g/mol. The fourth-order valence-corrected chi connectivity index (χ4v) is 2.88. The van der Waals surface area contributed by atoms with Crippen LogP contribution in [-0.2, 0) is 4.79 Å². The highest BCUT2D eigenvalue weighted by atomic mass is 79.9. The number of aliphatic hydroxyl groups is 1. The Kier molecular flexibility index (Phi) is 5.15. The molecule has 0 saturated carbocycles. The first-order valence-corrected chi connectivity index (χ1v) is 8.12. The van der Waals surface area contributed by atoms with Gasteiger partial charge in [-0.15, -0.1) is 0 Å². The maximum Gasteiger partial charge on any atom is 0.337 e. The van der Waals surface area contributed by atoms with E-state index in [0.29, 0.717) is 5.56 Å². The minimum absolute atomic E-state index is 0.375. The van der Waals surface area contributed by atoms with Crippen molar-refractivity contribution >= 4 is 27.8 Å². The molecule has 128 valence electrons. The van der Waals surface area contributed by atoms with Gasteiger partial charge < -0.3 is 20.1 Å². The Labute approximate surface area is 148 Å². The normalized spacial score (nSPS) is 13.4. The van der Waals surface area contributed by atoms with Gasteiger partial charge in [0.05, 0.1) is 17.8 Å². The third-order valence-corrected chi connectivity index (χ3v) is 4.49. The standard InChI is InChI=1S/C17H19BrN2O4/c1-10-8-12(15(21)19-9-17(3,24)16(22)23)11(2)20(10)14-7-5-4-6-13(14)18/h4-8,24H,9H2,1-3H3,(H,19,21)(H,22,23). The maximum absolute atomic E-state index is 12.4. The Morgan fingerprint density at radius 3 is 2.50 bits per heavy atom. The molecule has 1 heterocycles. The summed E-state index contributed by atoms with van der Waals surface area (Å²) in [6.45, 7) is 4.47. The van der Waals surface area contributed by atoms with Crippen molar-refractivity contribution < 1.29 is 19.8 Å². The summed E-state index contributed by atoms with van der Waals surface area (Å²) in [5.74, 6) is -1.82. The van der Waals surface area contributed by atoms with Gasteiger partial charge in [0, 0.05) is 15.9 Å². The zero-order valence-electron chi connectivity index (χ0n) is 13.6. The molecule has 6 nitrogen and oxygen atoms in total. The number of carboxylic acids is 1. The number of nitrogens with zero attached hydrogens (tertiary/aromatic N) is 1. The van der Waals surface area contributed by atoms with Crippen molar-refractivity contribution in [2.45, 2.75) is 26.4 Å². The van der Waals surface area contributed by atoms with Crippen LogP contribution in [-0.4, -0.2) is 38.8 Å². The number of carboxylic acid groups (broad SMARTS) is 1. The summed E-state index contributed by atoms with van der Waals surface area (Å²) >= 11 is 3.50. The molecule has 0 fully saturated rings. The lowest BCUT2D eigenvalue weighted by atomic mass is 10.1. The summed E-state index contributed by atoms with van der Waals surface area (Å²) in [4.78, 5) is 23.3. The van der Waals surface area contributed by atoms with E-state index in [9.17, 15) is 14.7 Å². The van der Waals surface area contributed by atoms with E-state index >= 15 is 0 Å². The quantitative estimate of drug-likeness (QED) is 0.725. The van der Waals surface area contributed by atoms with Crippen molar-refractivity contribution in [1.82, 2.24) is 9.88 Å². The first-order chi connectivity index (χ1) is 11.1. The molecule has 0 aliphatic carbocycles. The summed E-state index contributed by atoms with van der Waals surface area (Å²) in [5.41, 5.74) is 0.929. The van der Waals surface area contributed by atoms with E-state index in [1.807, 2.05) is 42.7 Å². The largest absolute Gasteiger partial charge is 0.479 e. The van der Waals surface area contributed by atoms with E-state index in [2.05, 4.69) is 21.2 Å². The van der Waals surface area contributed by atoms with Crippen LogP contribution in [0.25, 0.3) is 5.69 Å². The fraction of sp³-hybridized carbons (Fsp3) is 0.294. The second-order valence-corrected chi connectivity index (χ2v) is 6.69. The second-order valence-electron chi connectivity index (χ2n) is 5.83. The number of hydrogen-bond acceptors (Lipinski definition) is 3.